The molecule has 0 aliphatic rings. The van der Waals surface area contributed by atoms with E-state index >= 15 is 0 Å². The van der Waals surface area contributed by atoms with Gasteiger partial charge < -0.3 is 4.74 Å². The molecule has 2 aromatic rings. The highest BCUT2D eigenvalue weighted by Crippen LogP contribution is 2.23. The number of hydrogen-bond donors (Lipinski definition) is 0. The molecule has 0 spiro atoms. The van der Waals surface area contributed by atoms with Crippen molar-refractivity contribution >= 4 is 11.6 Å². The van der Waals surface area contributed by atoms with Crippen LogP contribution in [0.2, 0.25) is 0 Å². The largest absolute Gasteiger partial charge is 0.489 e. The second-order valence-corrected chi connectivity index (χ2v) is 4.57. The predicted octanol–water partition coefficient (Wildman–Crippen LogP) is 4.18. The first-order chi connectivity index (χ1) is 9.24. The van der Waals surface area contributed by atoms with E-state index in [1.165, 1.54) is 0 Å². The molecule has 0 unspecified atom stereocenters. The number of alkyl halides is 1. The minimum absolute atomic E-state index is 0.372. The Morgan fingerprint density at radius 1 is 1.16 bits per heavy atom. The summed E-state index contributed by atoms with van der Waals surface area (Å²) in [5.41, 5.74) is 3.64. The lowest BCUT2D eigenvalue weighted by Gasteiger charge is -2.11. The molecule has 3 heteroatoms. The van der Waals surface area contributed by atoms with Gasteiger partial charge in [-0.2, -0.15) is 5.26 Å². The highest BCUT2D eigenvalue weighted by molar-refractivity contribution is 6.17. The zero-order valence-corrected chi connectivity index (χ0v) is 11.4. The van der Waals surface area contributed by atoms with Crippen LogP contribution in [0.5, 0.6) is 5.75 Å². The second-order valence-electron chi connectivity index (χ2n) is 4.30. The van der Waals surface area contributed by atoms with Crippen molar-refractivity contribution in [3.05, 3.63) is 64.7 Å². The van der Waals surface area contributed by atoms with Crippen LogP contribution in [0.15, 0.2) is 42.5 Å². The minimum Gasteiger partial charge on any atom is -0.489 e. The van der Waals surface area contributed by atoms with Gasteiger partial charge in [0.1, 0.15) is 12.4 Å². The Morgan fingerprint density at radius 2 is 1.95 bits per heavy atom. The number of rotatable bonds is 4. The van der Waals surface area contributed by atoms with E-state index in [0.717, 1.165) is 22.4 Å². The highest BCUT2D eigenvalue weighted by atomic mass is 35.5. The predicted molar refractivity (Wildman–Crippen MR) is 76.2 cm³/mol. The first kappa shape index (κ1) is 13.5. The van der Waals surface area contributed by atoms with Crippen LogP contribution in [-0.4, -0.2) is 0 Å². The Kier molecular flexibility index (Phi) is 4.43. The normalized spacial score (nSPS) is 9.95. The Balaban J connectivity index is 2.17. The molecule has 96 valence electrons. The molecule has 2 nitrogen and oxygen atoms in total. The Hall–Kier alpha value is -1.98. The number of nitrogens with zero attached hydrogens (tertiary/aromatic N) is 1. The molecular formula is C16H14ClNO. The van der Waals surface area contributed by atoms with E-state index in [4.69, 9.17) is 21.6 Å². The molecule has 0 amide bonds. The summed E-state index contributed by atoms with van der Waals surface area (Å²) < 4.78 is 5.78. The molecule has 0 radical (unpaired) electrons. The number of nitriles is 1. The van der Waals surface area contributed by atoms with Crippen molar-refractivity contribution in [2.45, 2.75) is 19.4 Å². The van der Waals surface area contributed by atoms with Crippen molar-refractivity contribution in [2.75, 3.05) is 0 Å². The summed E-state index contributed by atoms with van der Waals surface area (Å²) in [5.74, 6) is 1.19. The van der Waals surface area contributed by atoms with Gasteiger partial charge in [-0.15, -0.1) is 11.6 Å². The van der Waals surface area contributed by atoms with E-state index in [9.17, 15) is 0 Å². The molecular weight excluding hydrogens is 258 g/mol. The molecule has 0 saturated carbocycles. The molecule has 0 N–H and O–H groups in total. The molecule has 0 bridgehead atoms. The van der Waals surface area contributed by atoms with Crippen LogP contribution in [0.25, 0.3) is 0 Å². The molecule has 0 aliphatic heterocycles. The van der Waals surface area contributed by atoms with Crippen LogP contribution in [0.1, 0.15) is 22.3 Å². The van der Waals surface area contributed by atoms with E-state index in [-0.39, 0.29) is 0 Å². The zero-order chi connectivity index (χ0) is 13.7. The third kappa shape index (κ3) is 3.27. The van der Waals surface area contributed by atoms with Gasteiger partial charge in [-0.3, -0.25) is 0 Å². The number of hydrogen-bond acceptors (Lipinski definition) is 2. The molecule has 0 aliphatic carbocycles. The van der Waals surface area contributed by atoms with Gasteiger partial charge in [-0.1, -0.05) is 35.9 Å². The maximum atomic E-state index is 9.03. The van der Waals surface area contributed by atoms with Gasteiger partial charge in [0, 0.05) is 11.1 Å². The van der Waals surface area contributed by atoms with Gasteiger partial charge in [-0.25, -0.2) is 0 Å². The van der Waals surface area contributed by atoms with Gasteiger partial charge in [0.2, 0.25) is 0 Å². The SMILES string of the molecule is Cc1ccc(OCc2ccccc2C#N)c(CCl)c1. The lowest BCUT2D eigenvalue weighted by molar-refractivity contribution is 0.303. The number of benzene rings is 2. The molecule has 0 atom stereocenters. The molecule has 2 rings (SSSR count). The van der Waals surface area contributed by atoms with Crippen LogP contribution < -0.4 is 4.74 Å². The van der Waals surface area contributed by atoms with E-state index in [1.54, 1.807) is 6.07 Å². The number of halogens is 1. The summed E-state index contributed by atoms with van der Waals surface area (Å²) in [5, 5.41) is 9.03. The maximum absolute atomic E-state index is 9.03. The van der Waals surface area contributed by atoms with E-state index in [1.807, 2.05) is 43.3 Å². The van der Waals surface area contributed by atoms with Gasteiger partial charge in [0.05, 0.1) is 17.5 Å². The average molecular weight is 272 g/mol. The fourth-order valence-electron chi connectivity index (χ4n) is 1.86. The summed E-state index contributed by atoms with van der Waals surface area (Å²) in [6, 6.07) is 15.5. The second kappa shape index (κ2) is 6.26. The molecule has 0 heterocycles. The van der Waals surface area contributed by atoms with Gasteiger partial charge in [0.25, 0.3) is 0 Å². The van der Waals surface area contributed by atoms with Crippen molar-refractivity contribution in [1.82, 2.24) is 0 Å². The first-order valence-corrected chi connectivity index (χ1v) is 6.54. The highest BCUT2D eigenvalue weighted by Gasteiger charge is 2.05. The third-order valence-corrected chi connectivity index (χ3v) is 3.17. The molecule has 19 heavy (non-hydrogen) atoms. The first-order valence-electron chi connectivity index (χ1n) is 6.01. The van der Waals surface area contributed by atoms with Crippen molar-refractivity contribution < 1.29 is 4.74 Å². The zero-order valence-electron chi connectivity index (χ0n) is 10.7. The van der Waals surface area contributed by atoms with Crippen LogP contribution in [0, 0.1) is 18.3 Å². The quantitative estimate of drug-likeness (QED) is 0.782. The maximum Gasteiger partial charge on any atom is 0.124 e. The van der Waals surface area contributed by atoms with E-state index in [0.29, 0.717) is 18.1 Å². The summed E-state index contributed by atoms with van der Waals surface area (Å²) >= 11 is 5.91. The van der Waals surface area contributed by atoms with Crippen LogP contribution >= 0.6 is 11.6 Å². The molecule has 0 fully saturated rings. The van der Waals surface area contributed by atoms with Gasteiger partial charge in [-0.05, 0) is 19.1 Å². The minimum atomic E-state index is 0.372. The Morgan fingerprint density at radius 3 is 2.68 bits per heavy atom. The van der Waals surface area contributed by atoms with Crippen molar-refractivity contribution in [2.24, 2.45) is 0 Å². The fourth-order valence-corrected chi connectivity index (χ4v) is 2.07. The number of ether oxygens (including phenoxy) is 1. The Labute approximate surface area is 118 Å². The van der Waals surface area contributed by atoms with Gasteiger partial charge >= 0.3 is 0 Å². The van der Waals surface area contributed by atoms with Gasteiger partial charge in [0.15, 0.2) is 0 Å². The standard InChI is InChI=1S/C16H14ClNO/c1-12-6-7-16(15(8-12)9-17)19-11-14-5-3-2-4-13(14)10-18/h2-8H,9,11H2,1H3. The van der Waals surface area contributed by atoms with Crippen LogP contribution in [-0.2, 0) is 12.5 Å². The average Bonchev–Trinajstić information content (AvgIpc) is 2.46. The molecule has 2 aromatic carbocycles. The van der Waals surface area contributed by atoms with Crippen molar-refractivity contribution in [3.63, 3.8) is 0 Å². The summed E-state index contributed by atoms with van der Waals surface area (Å²) in [4.78, 5) is 0. The van der Waals surface area contributed by atoms with Crippen molar-refractivity contribution in [3.8, 4) is 11.8 Å². The van der Waals surface area contributed by atoms with E-state index in [2.05, 4.69) is 6.07 Å². The van der Waals surface area contributed by atoms with Crippen molar-refractivity contribution in [1.29, 1.82) is 5.26 Å². The lowest BCUT2D eigenvalue weighted by atomic mass is 10.1. The summed E-state index contributed by atoms with van der Waals surface area (Å²) in [7, 11) is 0. The van der Waals surface area contributed by atoms with E-state index < -0.39 is 0 Å². The third-order valence-electron chi connectivity index (χ3n) is 2.88. The summed E-state index contributed by atoms with van der Waals surface area (Å²) in [6.07, 6.45) is 0. The molecule has 0 aromatic heterocycles. The Bertz CT molecular complexity index is 616. The van der Waals surface area contributed by atoms with Crippen LogP contribution in [0.4, 0.5) is 0 Å². The fraction of sp³-hybridized carbons (Fsp3) is 0.188. The lowest BCUT2D eigenvalue weighted by Crippen LogP contribution is -2.00. The topological polar surface area (TPSA) is 33.0 Å². The number of aryl methyl sites for hydroxylation is 1. The van der Waals surface area contributed by atoms with Crippen LogP contribution in [0.3, 0.4) is 0 Å². The summed E-state index contributed by atoms with van der Waals surface area (Å²) in [6.45, 7) is 2.39. The molecule has 0 saturated heterocycles. The smallest absolute Gasteiger partial charge is 0.124 e. The monoisotopic (exact) mass is 271 g/mol.